The summed E-state index contributed by atoms with van der Waals surface area (Å²) in [6.45, 7) is 4.69. The Kier molecular flexibility index (Phi) is 7.85. The number of rotatable bonds is 9. The second-order valence-electron chi connectivity index (χ2n) is 8.21. The predicted octanol–water partition coefficient (Wildman–Crippen LogP) is 4.18. The SMILES string of the molecule is CCCCNC(=O)c1ccccc1NC(=O)C1CCCN(Cc2nc(-c3cccs3)no2)C1. The van der Waals surface area contributed by atoms with Crippen LogP contribution in [-0.2, 0) is 11.3 Å². The van der Waals surface area contributed by atoms with Crippen LogP contribution in [-0.4, -0.2) is 46.5 Å². The van der Waals surface area contributed by atoms with Gasteiger partial charge in [0.1, 0.15) is 0 Å². The highest BCUT2D eigenvalue weighted by Crippen LogP contribution is 2.24. The van der Waals surface area contributed by atoms with Gasteiger partial charge in [-0.3, -0.25) is 14.5 Å². The van der Waals surface area contributed by atoms with Crippen LogP contribution in [0.25, 0.3) is 10.7 Å². The molecule has 0 spiro atoms. The number of thiophene rings is 1. The van der Waals surface area contributed by atoms with Crippen LogP contribution < -0.4 is 10.6 Å². The van der Waals surface area contributed by atoms with Gasteiger partial charge in [-0.1, -0.05) is 36.7 Å². The molecule has 2 amide bonds. The lowest BCUT2D eigenvalue weighted by atomic mass is 9.96. The Morgan fingerprint density at radius 3 is 2.94 bits per heavy atom. The van der Waals surface area contributed by atoms with Gasteiger partial charge >= 0.3 is 0 Å². The normalized spacial score (nSPS) is 16.5. The molecule has 1 aromatic carbocycles. The zero-order chi connectivity index (χ0) is 23.0. The molecule has 2 aromatic heterocycles. The fraction of sp³-hybridized carbons (Fsp3) is 0.417. The molecule has 0 saturated carbocycles. The number of piperidine rings is 1. The molecule has 1 aliphatic rings. The minimum Gasteiger partial charge on any atom is -0.352 e. The number of carbonyl (C=O) groups is 2. The van der Waals surface area contributed by atoms with E-state index in [9.17, 15) is 9.59 Å². The Balaban J connectivity index is 1.35. The molecular weight excluding hydrogens is 438 g/mol. The van der Waals surface area contributed by atoms with Crippen LogP contribution in [0.1, 0.15) is 48.9 Å². The van der Waals surface area contributed by atoms with E-state index in [0.717, 1.165) is 37.1 Å². The Bertz CT molecular complexity index is 1070. The number of aromatic nitrogens is 2. The van der Waals surface area contributed by atoms with Crippen molar-refractivity contribution in [3.63, 3.8) is 0 Å². The number of anilines is 1. The second kappa shape index (κ2) is 11.2. The Morgan fingerprint density at radius 1 is 1.24 bits per heavy atom. The molecule has 1 unspecified atom stereocenters. The molecule has 4 rings (SSSR count). The van der Waals surface area contributed by atoms with Gasteiger partial charge in [0.25, 0.3) is 5.91 Å². The van der Waals surface area contributed by atoms with E-state index in [1.165, 1.54) is 0 Å². The maximum atomic E-state index is 13.0. The minimum atomic E-state index is -0.172. The van der Waals surface area contributed by atoms with Crippen molar-refractivity contribution in [3.05, 3.63) is 53.2 Å². The maximum absolute atomic E-state index is 13.0. The molecule has 8 nitrogen and oxygen atoms in total. The van der Waals surface area contributed by atoms with Gasteiger partial charge in [0, 0.05) is 13.1 Å². The van der Waals surface area contributed by atoms with Gasteiger partial charge in [0.05, 0.1) is 28.6 Å². The van der Waals surface area contributed by atoms with E-state index in [-0.39, 0.29) is 17.7 Å². The molecule has 174 valence electrons. The summed E-state index contributed by atoms with van der Waals surface area (Å²) in [7, 11) is 0. The number of benzene rings is 1. The highest BCUT2D eigenvalue weighted by molar-refractivity contribution is 7.13. The number of amides is 2. The summed E-state index contributed by atoms with van der Waals surface area (Å²) in [5, 5.41) is 11.9. The van der Waals surface area contributed by atoms with Crippen molar-refractivity contribution in [1.29, 1.82) is 0 Å². The Morgan fingerprint density at radius 2 is 2.12 bits per heavy atom. The first-order valence-electron chi connectivity index (χ1n) is 11.4. The van der Waals surface area contributed by atoms with Crippen molar-refractivity contribution in [1.82, 2.24) is 20.4 Å². The summed E-state index contributed by atoms with van der Waals surface area (Å²) in [5.41, 5.74) is 1.03. The van der Waals surface area contributed by atoms with Crippen molar-refractivity contribution < 1.29 is 14.1 Å². The summed E-state index contributed by atoms with van der Waals surface area (Å²) in [6, 6.07) is 11.1. The molecule has 1 saturated heterocycles. The molecular formula is C24H29N5O3S. The standard InChI is InChI=1S/C24H29N5O3S/c1-2-3-12-25-24(31)18-9-4-5-10-19(18)26-23(30)17-8-6-13-29(15-17)16-21-27-22(28-32-21)20-11-7-14-33-20/h4-5,7,9-11,14,17H,2-3,6,8,12-13,15-16H2,1H3,(H,25,31)(H,26,30). The molecule has 0 aliphatic carbocycles. The molecule has 9 heteroatoms. The van der Waals surface area contributed by atoms with Gasteiger partial charge in [0.15, 0.2) is 0 Å². The summed E-state index contributed by atoms with van der Waals surface area (Å²) in [5.74, 6) is 0.740. The highest BCUT2D eigenvalue weighted by Gasteiger charge is 2.28. The van der Waals surface area contributed by atoms with Gasteiger partial charge in [-0.25, -0.2) is 0 Å². The fourth-order valence-electron chi connectivity index (χ4n) is 3.93. The van der Waals surface area contributed by atoms with Crippen molar-refractivity contribution in [2.45, 2.75) is 39.2 Å². The molecule has 33 heavy (non-hydrogen) atoms. The zero-order valence-electron chi connectivity index (χ0n) is 18.8. The first kappa shape index (κ1) is 23.1. The van der Waals surface area contributed by atoms with Crippen LogP contribution in [0.3, 0.4) is 0 Å². The molecule has 1 aliphatic heterocycles. The van der Waals surface area contributed by atoms with Crippen LogP contribution in [0.2, 0.25) is 0 Å². The summed E-state index contributed by atoms with van der Waals surface area (Å²) >= 11 is 1.57. The van der Waals surface area contributed by atoms with Gasteiger partial charge in [-0.05, 0) is 49.4 Å². The van der Waals surface area contributed by atoms with Crippen LogP contribution in [0.5, 0.6) is 0 Å². The summed E-state index contributed by atoms with van der Waals surface area (Å²) in [6.07, 6.45) is 3.64. The van der Waals surface area contributed by atoms with E-state index in [1.807, 2.05) is 29.6 Å². The lowest BCUT2D eigenvalue weighted by Crippen LogP contribution is -2.40. The third-order valence-corrected chi connectivity index (χ3v) is 6.56. The van der Waals surface area contributed by atoms with Gasteiger partial charge in [-0.15, -0.1) is 11.3 Å². The Labute approximate surface area is 197 Å². The molecule has 0 radical (unpaired) electrons. The zero-order valence-corrected chi connectivity index (χ0v) is 19.6. The van der Waals surface area contributed by atoms with Crippen molar-refractivity contribution >= 4 is 28.8 Å². The quantitative estimate of drug-likeness (QED) is 0.458. The average Bonchev–Trinajstić information content (AvgIpc) is 3.52. The molecule has 2 N–H and O–H groups in total. The van der Waals surface area contributed by atoms with E-state index in [4.69, 9.17) is 4.52 Å². The number of nitrogens with one attached hydrogen (secondary N) is 2. The lowest BCUT2D eigenvalue weighted by Gasteiger charge is -2.31. The molecule has 0 bridgehead atoms. The maximum Gasteiger partial charge on any atom is 0.253 e. The van der Waals surface area contributed by atoms with Crippen molar-refractivity contribution in [3.8, 4) is 10.7 Å². The van der Waals surface area contributed by atoms with E-state index >= 15 is 0 Å². The number of hydrogen-bond donors (Lipinski definition) is 2. The fourth-order valence-corrected chi connectivity index (χ4v) is 4.58. The topological polar surface area (TPSA) is 100 Å². The van der Waals surface area contributed by atoms with E-state index in [2.05, 4.69) is 32.6 Å². The predicted molar refractivity (Wildman–Crippen MR) is 128 cm³/mol. The monoisotopic (exact) mass is 467 g/mol. The van der Waals surface area contributed by atoms with Crippen molar-refractivity contribution in [2.24, 2.45) is 5.92 Å². The average molecular weight is 468 g/mol. The van der Waals surface area contributed by atoms with Crippen LogP contribution in [0.15, 0.2) is 46.3 Å². The number of unbranched alkanes of at least 4 members (excludes halogenated alkanes) is 1. The van der Waals surface area contributed by atoms with E-state index < -0.39 is 0 Å². The number of para-hydroxylation sites is 1. The summed E-state index contributed by atoms with van der Waals surface area (Å²) in [4.78, 5) is 33.2. The first-order chi connectivity index (χ1) is 16.1. The molecule has 1 atom stereocenters. The van der Waals surface area contributed by atoms with Crippen LogP contribution in [0.4, 0.5) is 5.69 Å². The van der Waals surface area contributed by atoms with Crippen LogP contribution >= 0.6 is 11.3 Å². The number of likely N-dealkylation sites (tertiary alicyclic amines) is 1. The summed E-state index contributed by atoms with van der Waals surface area (Å²) < 4.78 is 5.42. The van der Waals surface area contributed by atoms with Crippen molar-refractivity contribution in [2.75, 3.05) is 25.0 Å². The number of nitrogens with zero attached hydrogens (tertiary/aromatic N) is 3. The van der Waals surface area contributed by atoms with E-state index in [1.54, 1.807) is 23.5 Å². The van der Waals surface area contributed by atoms with Gasteiger partial charge in [-0.2, -0.15) is 4.98 Å². The third kappa shape index (κ3) is 6.06. The highest BCUT2D eigenvalue weighted by atomic mass is 32.1. The third-order valence-electron chi connectivity index (χ3n) is 5.69. The number of hydrogen-bond acceptors (Lipinski definition) is 7. The van der Waals surface area contributed by atoms with E-state index in [0.29, 0.717) is 42.6 Å². The minimum absolute atomic E-state index is 0.0710. The molecule has 3 heterocycles. The largest absolute Gasteiger partial charge is 0.352 e. The number of carbonyl (C=O) groups excluding carboxylic acids is 2. The molecule has 3 aromatic rings. The van der Waals surface area contributed by atoms with Gasteiger partial charge < -0.3 is 15.2 Å². The molecule has 1 fully saturated rings. The Hall–Kier alpha value is -3.04. The lowest BCUT2D eigenvalue weighted by molar-refractivity contribution is -0.121. The second-order valence-corrected chi connectivity index (χ2v) is 9.16. The van der Waals surface area contributed by atoms with Gasteiger partial charge in [0.2, 0.25) is 17.6 Å². The smallest absolute Gasteiger partial charge is 0.253 e. The first-order valence-corrected chi connectivity index (χ1v) is 12.3. The van der Waals surface area contributed by atoms with Crippen LogP contribution in [0, 0.1) is 5.92 Å².